The van der Waals surface area contributed by atoms with Crippen LogP contribution in [0.2, 0.25) is 0 Å². The molecule has 0 aliphatic heterocycles. The SMILES string of the molecule is CC[C@H](Nc1ncnc2nc[nH]c12)c1nc2cccc(F)c2c(=O)n1-c1ccccc1.C[C@H](Nc1nccc2[nH]cnc12)c1nc2ccccc2c(=O)n1-c1c(F)cccc1F.C[C@H](Nc1ncnc2nc[nH]c12)c1nc2ccc(F)cc2c(=O)n1-c1ccccc1. The topological polar surface area (TPSA) is 291 Å². The van der Waals surface area contributed by atoms with Crippen molar-refractivity contribution in [1.82, 2.24) is 83.5 Å². The van der Waals surface area contributed by atoms with Gasteiger partial charge in [-0.25, -0.2) is 72.4 Å². The number of aromatic nitrogens is 17. The standard InChI is InChI=1S/C22H16F2N6O.C22H18FN7O.C21H16FN7O/c1-12(28-20-18-17(9-10-25-20)26-11-27-18)21-29-16-8-3-2-5-13(16)22(31)30(21)19-14(23)6-4-7-15(19)24;1-2-15(28-20-18-19(25-11-24-18)26-12-27-20)21-29-16-10-6-9-14(23)17(16)22(31)30(21)13-7-4-3-5-8-13;1-12(27-19-17-18(24-10-23-17)25-11-26-19)20-28-16-8-7-13(22)9-15(16)21(30)29(20)14-5-3-2-4-6-14/h2-12H,1H3,(H,25,28)(H,26,27);3-12,15H,2H2,1H3,(H2,24,25,26,27,28);2-12H,1H3,(H2,23,24,25,26,27)/t12-;15-;12-/m000/s1. The number of aromatic amines is 3. The van der Waals surface area contributed by atoms with E-state index in [0.29, 0.717) is 91.3 Å². The Morgan fingerprint density at radius 1 is 0.467 bits per heavy atom. The number of hydrogen-bond acceptors (Lipinski definition) is 17. The molecule has 0 saturated heterocycles. The number of nitrogens with one attached hydrogen (secondary N) is 6. The van der Waals surface area contributed by atoms with Crippen molar-refractivity contribution in [2.24, 2.45) is 0 Å². The van der Waals surface area contributed by atoms with Crippen molar-refractivity contribution in [2.45, 2.75) is 45.3 Å². The molecular formula is C65H50F4N20O3. The van der Waals surface area contributed by atoms with Gasteiger partial charge in [0.15, 0.2) is 28.7 Å². The summed E-state index contributed by atoms with van der Waals surface area (Å²) in [7, 11) is 0. The number of fused-ring (bicyclic) bond motifs is 6. The Hall–Kier alpha value is -12.4. The molecule has 9 heterocycles. The van der Waals surface area contributed by atoms with E-state index in [-0.39, 0.29) is 33.6 Å². The van der Waals surface area contributed by atoms with Crippen molar-refractivity contribution in [3.63, 3.8) is 0 Å². The summed E-state index contributed by atoms with van der Waals surface area (Å²) in [5.74, 6) is -0.193. The predicted octanol–water partition coefficient (Wildman–Crippen LogP) is 11.2. The molecule has 23 nitrogen and oxygen atoms in total. The number of rotatable bonds is 13. The van der Waals surface area contributed by atoms with E-state index >= 15 is 0 Å². The molecule has 6 aromatic carbocycles. The summed E-state index contributed by atoms with van der Waals surface area (Å²) < 4.78 is 61.6. The number of H-pyrrole nitrogens is 3. The summed E-state index contributed by atoms with van der Waals surface area (Å²) in [6, 6.07) is 37.2. The lowest BCUT2D eigenvalue weighted by Crippen LogP contribution is -2.28. The zero-order valence-electron chi connectivity index (χ0n) is 48.8. The first-order valence-electron chi connectivity index (χ1n) is 28.7. The fraction of sp³-hybridized carbons (Fsp3) is 0.108. The third kappa shape index (κ3) is 11.2. The van der Waals surface area contributed by atoms with Gasteiger partial charge in [-0.3, -0.25) is 28.1 Å². The van der Waals surface area contributed by atoms with Crippen molar-refractivity contribution in [2.75, 3.05) is 16.0 Å². The molecule has 0 fully saturated rings. The number of hydrogen-bond donors (Lipinski definition) is 6. The van der Waals surface area contributed by atoms with Crippen LogP contribution < -0.4 is 32.6 Å². The molecule has 6 N–H and O–H groups in total. The van der Waals surface area contributed by atoms with E-state index in [2.05, 4.69) is 80.7 Å². The second kappa shape index (κ2) is 25.0. The van der Waals surface area contributed by atoms with Crippen LogP contribution in [0, 0.1) is 23.3 Å². The zero-order valence-corrected chi connectivity index (χ0v) is 48.8. The fourth-order valence-electron chi connectivity index (χ4n) is 10.7. The highest BCUT2D eigenvalue weighted by Gasteiger charge is 2.26. The molecule has 0 radical (unpaired) electrons. The van der Waals surface area contributed by atoms with Crippen LogP contribution >= 0.6 is 0 Å². The lowest BCUT2D eigenvalue weighted by molar-refractivity contribution is 0.558. The van der Waals surface area contributed by atoms with E-state index in [1.54, 1.807) is 80.4 Å². The van der Waals surface area contributed by atoms with Crippen molar-refractivity contribution in [3.8, 4) is 17.1 Å². The lowest BCUT2D eigenvalue weighted by Gasteiger charge is -2.22. The molecule has 92 heavy (non-hydrogen) atoms. The molecule has 0 saturated carbocycles. The van der Waals surface area contributed by atoms with Crippen LogP contribution in [0.15, 0.2) is 198 Å². The zero-order chi connectivity index (χ0) is 63.6. The molecule has 15 rings (SSSR count). The smallest absolute Gasteiger partial charge is 0.269 e. The van der Waals surface area contributed by atoms with Gasteiger partial charge in [0.2, 0.25) is 0 Å². The quantitative estimate of drug-likeness (QED) is 0.0585. The molecule has 0 unspecified atom stereocenters. The van der Waals surface area contributed by atoms with Gasteiger partial charge in [-0.2, -0.15) is 0 Å². The summed E-state index contributed by atoms with van der Waals surface area (Å²) in [5.41, 5.74) is 4.30. The average molecular weight is 1240 g/mol. The van der Waals surface area contributed by atoms with Crippen LogP contribution in [0.3, 0.4) is 0 Å². The first-order valence-corrected chi connectivity index (χ1v) is 28.7. The number of para-hydroxylation sites is 4. The molecule has 0 amide bonds. The summed E-state index contributed by atoms with van der Waals surface area (Å²) in [6.07, 6.45) is 9.67. The van der Waals surface area contributed by atoms with Gasteiger partial charge in [0, 0.05) is 6.20 Å². The van der Waals surface area contributed by atoms with Crippen LogP contribution in [-0.4, -0.2) is 83.5 Å². The molecular weight excluding hydrogens is 1180 g/mol. The second-order valence-corrected chi connectivity index (χ2v) is 20.8. The largest absolute Gasteiger partial charge is 0.359 e. The van der Waals surface area contributed by atoms with Crippen molar-refractivity contribution >= 4 is 83.5 Å². The van der Waals surface area contributed by atoms with E-state index in [1.807, 2.05) is 62.4 Å². The molecule has 27 heteroatoms. The summed E-state index contributed by atoms with van der Waals surface area (Å²) >= 11 is 0. The van der Waals surface area contributed by atoms with E-state index in [4.69, 9.17) is 4.98 Å². The van der Waals surface area contributed by atoms with Crippen molar-refractivity contribution in [3.05, 3.63) is 255 Å². The van der Waals surface area contributed by atoms with E-state index in [9.17, 15) is 31.9 Å². The second-order valence-electron chi connectivity index (χ2n) is 20.8. The van der Waals surface area contributed by atoms with E-state index in [1.165, 1.54) is 58.4 Å². The van der Waals surface area contributed by atoms with Crippen LogP contribution in [0.4, 0.5) is 35.0 Å². The van der Waals surface area contributed by atoms with Crippen LogP contribution in [0.25, 0.3) is 83.1 Å². The number of benzene rings is 6. The van der Waals surface area contributed by atoms with Gasteiger partial charge in [-0.15, -0.1) is 0 Å². The van der Waals surface area contributed by atoms with Crippen molar-refractivity contribution in [1.29, 1.82) is 0 Å². The minimum absolute atomic E-state index is 0.0389. The van der Waals surface area contributed by atoms with E-state index in [0.717, 1.165) is 22.2 Å². The van der Waals surface area contributed by atoms with Gasteiger partial charge in [0.1, 0.15) is 81.0 Å². The van der Waals surface area contributed by atoms with Crippen molar-refractivity contribution < 1.29 is 17.6 Å². The van der Waals surface area contributed by atoms with Gasteiger partial charge in [-0.05, 0) is 105 Å². The monoisotopic (exact) mass is 1230 g/mol. The van der Waals surface area contributed by atoms with Gasteiger partial charge in [-0.1, -0.05) is 67.6 Å². The maximum atomic E-state index is 14.7. The number of halogens is 4. The summed E-state index contributed by atoms with van der Waals surface area (Å²) in [4.78, 5) is 96.7. The molecule has 0 aliphatic carbocycles. The highest BCUT2D eigenvalue weighted by Crippen LogP contribution is 2.30. The Morgan fingerprint density at radius 3 is 1.66 bits per heavy atom. The van der Waals surface area contributed by atoms with Gasteiger partial charge >= 0.3 is 0 Å². The van der Waals surface area contributed by atoms with Crippen LogP contribution in [0.1, 0.15) is 62.8 Å². The highest BCUT2D eigenvalue weighted by molar-refractivity contribution is 5.86. The number of nitrogens with zero attached hydrogens (tertiary/aromatic N) is 14. The predicted molar refractivity (Wildman–Crippen MR) is 340 cm³/mol. The minimum Gasteiger partial charge on any atom is -0.359 e. The summed E-state index contributed by atoms with van der Waals surface area (Å²) in [6.45, 7) is 5.58. The minimum atomic E-state index is -0.861. The van der Waals surface area contributed by atoms with Crippen LogP contribution in [-0.2, 0) is 0 Å². The third-order valence-electron chi connectivity index (χ3n) is 15.0. The lowest BCUT2D eigenvalue weighted by atomic mass is 10.1. The number of imidazole rings is 3. The highest BCUT2D eigenvalue weighted by atomic mass is 19.1. The summed E-state index contributed by atoms with van der Waals surface area (Å²) in [5, 5.41) is 10.2. The molecule has 0 spiro atoms. The van der Waals surface area contributed by atoms with E-state index < -0.39 is 52.2 Å². The Balaban J connectivity index is 0.000000126. The van der Waals surface area contributed by atoms with Gasteiger partial charge in [0.25, 0.3) is 16.7 Å². The normalized spacial score (nSPS) is 12.3. The number of anilines is 3. The Kier molecular flexibility index (Phi) is 15.9. The van der Waals surface area contributed by atoms with Gasteiger partial charge in [0.05, 0.1) is 81.3 Å². The Labute approximate surface area is 516 Å². The third-order valence-corrected chi connectivity index (χ3v) is 15.0. The van der Waals surface area contributed by atoms with Crippen LogP contribution in [0.5, 0.6) is 0 Å². The molecule has 9 aromatic heterocycles. The maximum absolute atomic E-state index is 14.7. The Bertz CT molecular complexity index is 5410. The molecule has 3 atom stereocenters. The first-order chi connectivity index (χ1) is 44.8. The molecule has 0 bridgehead atoms. The maximum Gasteiger partial charge on any atom is 0.269 e. The number of pyridine rings is 1. The average Bonchev–Trinajstić information content (AvgIpc) is 0.987. The van der Waals surface area contributed by atoms with Gasteiger partial charge < -0.3 is 30.9 Å². The molecule has 15 aromatic rings. The first kappa shape index (κ1) is 58.6. The Morgan fingerprint density at radius 2 is 1.00 bits per heavy atom. The molecule has 0 aliphatic rings. The molecule has 456 valence electrons. The fourth-order valence-corrected chi connectivity index (χ4v) is 10.7.